The standard InChI is InChI=1S/C21H21FN6O2/c22-19-14-25-21(27-20(19)28-8-10-30-11-9-28)23-7-6-15-4-5-17(13-24-15)26-16-2-1-3-18(29)12-16/h1-7,12-14,26,29H,8-11H2,(H,23,25,27)/b7-6+. The summed E-state index contributed by atoms with van der Waals surface area (Å²) < 4.78 is 19.4. The number of aromatic nitrogens is 3. The maximum atomic E-state index is 14.1. The van der Waals surface area contributed by atoms with Crippen molar-refractivity contribution in [1.29, 1.82) is 0 Å². The van der Waals surface area contributed by atoms with Gasteiger partial charge in [0.05, 0.1) is 37.0 Å². The summed E-state index contributed by atoms with van der Waals surface area (Å²) >= 11 is 0. The van der Waals surface area contributed by atoms with Crippen LogP contribution in [0, 0.1) is 5.82 Å². The quantitative estimate of drug-likeness (QED) is 0.571. The van der Waals surface area contributed by atoms with E-state index in [4.69, 9.17) is 4.74 Å². The fourth-order valence-corrected chi connectivity index (χ4v) is 2.95. The highest BCUT2D eigenvalue weighted by Crippen LogP contribution is 2.21. The first-order chi connectivity index (χ1) is 14.7. The molecule has 154 valence electrons. The van der Waals surface area contributed by atoms with Gasteiger partial charge in [0.1, 0.15) is 5.75 Å². The third kappa shape index (κ3) is 5.00. The number of benzene rings is 1. The van der Waals surface area contributed by atoms with Crippen molar-refractivity contribution in [2.45, 2.75) is 0 Å². The summed E-state index contributed by atoms with van der Waals surface area (Å²) in [4.78, 5) is 14.4. The highest BCUT2D eigenvalue weighted by atomic mass is 19.1. The zero-order chi connectivity index (χ0) is 20.8. The predicted molar refractivity (Wildman–Crippen MR) is 113 cm³/mol. The van der Waals surface area contributed by atoms with Gasteiger partial charge in [-0.25, -0.2) is 9.37 Å². The number of anilines is 4. The molecule has 0 saturated carbocycles. The van der Waals surface area contributed by atoms with E-state index in [0.717, 1.165) is 23.3 Å². The van der Waals surface area contributed by atoms with Crippen molar-refractivity contribution in [1.82, 2.24) is 15.0 Å². The average molecular weight is 408 g/mol. The molecule has 1 fully saturated rings. The molecule has 2 aromatic heterocycles. The summed E-state index contributed by atoms with van der Waals surface area (Å²) in [6.45, 7) is 2.29. The van der Waals surface area contributed by atoms with Crippen LogP contribution in [0.3, 0.4) is 0 Å². The first-order valence-electron chi connectivity index (χ1n) is 9.48. The normalized spacial score (nSPS) is 14.1. The monoisotopic (exact) mass is 408 g/mol. The molecule has 1 aliphatic heterocycles. The van der Waals surface area contributed by atoms with Crippen LogP contribution >= 0.6 is 0 Å². The van der Waals surface area contributed by atoms with Crippen molar-refractivity contribution in [2.24, 2.45) is 0 Å². The molecule has 0 amide bonds. The molecule has 0 radical (unpaired) electrons. The molecular weight excluding hydrogens is 387 g/mol. The first-order valence-corrected chi connectivity index (χ1v) is 9.48. The lowest BCUT2D eigenvalue weighted by Crippen LogP contribution is -2.37. The largest absolute Gasteiger partial charge is 0.508 e. The molecule has 1 aromatic carbocycles. The number of rotatable bonds is 6. The molecular formula is C21H21FN6O2. The van der Waals surface area contributed by atoms with Crippen molar-refractivity contribution < 1.29 is 14.2 Å². The summed E-state index contributed by atoms with van der Waals surface area (Å²) in [7, 11) is 0. The van der Waals surface area contributed by atoms with Gasteiger partial charge >= 0.3 is 0 Å². The Morgan fingerprint density at radius 1 is 1.07 bits per heavy atom. The highest BCUT2D eigenvalue weighted by molar-refractivity contribution is 5.61. The molecule has 0 unspecified atom stereocenters. The van der Waals surface area contributed by atoms with Crippen LogP contribution in [0.5, 0.6) is 5.75 Å². The summed E-state index contributed by atoms with van der Waals surface area (Å²) in [5.74, 6) is 0.308. The number of aromatic hydroxyl groups is 1. The number of pyridine rings is 1. The minimum Gasteiger partial charge on any atom is -0.508 e. The number of halogens is 1. The minimum absolute atomic E-state index is 0.193. The van der Waals surface area contributed by atoms with E-state index in [2.05, 4.69) is 25.6 Å². The average Bonchev–Trinajstić information content (AvgIpc) is 2.77. The van der Waals surface area contributed by atoms with E-state index in [-0.39, 0.29) is 11.6 Å². The predicted octanol–water partition coefficient (Wildman–Crippen LogP) is 3.38. The summed E-state index contributed by atoms with van der Waals surface area (Å²) in [6, 6.07) is 10.6. The lowest BCUT2D eigenvalue weighted by molar-refractivity contribution is 0.122. The van der Waals surface area contributed by atoms with Crippen LogP contribution in [0.4, 0.5) is 27.5 Å². The Morgan fingerprint density at radius 2 is 1.93 bits per heavy atom. The van der Waals surface area contributed by atoms with Crippen molar-refractivity contribution in [3.8, 4) is 5.75 Å². The van der Waals surface area contributed by atoms with E-state index in [0.29, 0.717) is 32.3 Å². The van der Waals surface area contributed by atoms with E-state index in [9.17, 15) is 9.50 Å². The van der Waals surface area contributed by atoms with Crippen LogP contribution in [-0.2, 0) is 4.74 Å². The van der Waals surface area contributed by atoms with E-state index in [1.165, 1.54) is 0 Å². The van der Waals surface area contributed by atoms with Gasteiger partial charge in [-0.2, -0.15) is 4.98 Å². The maximum Gasteiger partial charge on any atom is 0.228 e. The van der Waals surface area contributed by atoms with Gasteiger partial charge in [-0.05, 0) is 30.3 Å². The third-order valence-corrected chi connectivity index (χ3v) is 4.42. The van der Waals surface area contributed by atoms with Crippen molar-refractivity contribution >= 4 is 29.2 Å². The Kier molecular flexibility index (Phi) is 6.00. The van der Waals surface area contributed by atoms with Gasteiger partial charge in [0.15, 0.2) is 11.6 Å². The van der Waals surface area contributed by atoms with Gasteiger partial charge in [-0.3, -0.25) is 4.98 Å². The lowest BCUT2D eigenvalue weighted by Gasteiger charge is -2.27. The smallest absolute Gasteiger partial charge is 0.228 e. The Hall–Kier alpha value is -3.72. The molecule has 0 bridgehead atoms. The number of phenolic OH excluding ortho intramolecular Hbond substituents is 1. The fraction of sp³-hybridized carbons (Fsp3) is 0.190. The van der Waals surface area contributed by atoms with Gasteiger partial charge in [-0.15, -0.1) is 0 Å². The van der Waals surface area contributed by atoms with Crippen LogP contribution in [0.15, 0.2) is 55.0 Å². The molecule has 8 nitrogen and oxygen atoms in total. The van der Waals surface area contributed by atoms with Crippen molar-refractivity contribution in [2.75, 3.05) is 41.8 Å². The Morgan fingerprint density at radius 3 is 2.70 bits per heavy atom. The molecule has 0 aliphatic carbocycles. The van der Waals surface area contributed by atoms with Crippen LogP contribution in [-0.4, -0.2) is 46.4 Å². The van der Waals surface area contributed by atoms with Gasteiger partial charge in [-0.1, -0.05) is 6.07 Å². The van der Waals surface area contributed by atoms with Crippen LogP contribution in [0.1, 0.15) is 5.69 Å². The number of nitrogens with zero attached hydrogens (tertiary/aromatic N) is 4. The van der Waals surface area contributed by atoms with Crippen molar-refractivity contribution in [3.05, 3.63) is 66.5 Å². The molecule has 3 aromatic rings. The number of phenols is 1. The highest BCUT2D eigenvalue weighted by Gasteiger charge is 2.17. The number of nitrogens with one attached hydrogen (secondary N) is 2. The molecule has 0 atom stereocenters. The van der Waals surface area contributed by atoms with E-state index in [1.807, 2.05) is 23.1 Å². The molecule has 1 saturated heterocycles. The summed E-state index contributed by atoms with van der Waals surface area (Å²) in [5.41, 5.74) is 2.29. The second-order valence-electron chi connectivity index (χ2n) is 6.59. The van der Waals surface area contributed by atoms with Crippen molar-refractivity contribution in [3.63, 3.8) is 0 Å². The molecule has 4 rings (SSSR count). The fourth-order valence-electron chi connectivity index (χ4n) is 2.95. The molecule has 9 heteroatoms. The third-order valence-electron chi connectivity index (χ3n) is 4.42. The van der Waals surface area contributed by atoms with E-state index >= 15 is 0 Å². The number of hydrogen-bond acceptors (Lipinski definition) is 8. The SMILES string of the molecule is Oc1cccc(Nc2ccc(/C=C/Nc3ncc(F)c(N4CCOCC4)n3)nc2)c1. The first kappa shape index (κ1) is 19.6. The summed E-state index contributed by atoms with van der Waals surface area (Å²) in [6.07, 6.45) is 6.27. The number of hydrogen-bond donors (Lipinski definition) is 3. The Labute approximate surface area is 173 Å². The van der Waals surface area contributed by atoms with Crippen LogP contribution in [0.2, 0.25) is 0 Å². The van der Waals surface area contributed by atoms with E-state index in [1.54, 1.807) is 36.7 Å². The zero-order valence-electron chi connectivity index (χ0n) is 16.1. The lowest BCUT2D eigenvalue weighted by atomic mass is 10.2. The molecule has 1 aliphatic rings. The number of ether oxygens (including phenoxy) is 1. The zero-order valence-corrected chi connectivity index (χ0v) is 16.1. The van der Waals surface area contributed by atoms with Crippen LogP contribution < -0.4 is 15.5 Å². The second-order valence-corrected chi connectivity index (χ2v) is 6.59. The van der Waals surface area contributed by atoms with Gasteiger partial charge < -0.3 is 25.4 Å². The molecule has 3 N–H and O–H groups in total. The van der Waals surface area contributed by atoms with Gasteiger partial charge in [0, 0.05) is 31.0 Å². The maximum absolute atomic E-state index is 14.1. The minimum atomic E-state index is -0.456. The van der Waals surface area contributed by atoms with Crippen LogP contribution in [0.25, 0.3) is 6.08 Å². The van der Waals surface area contributed by atoms with Gasteiger partial charge in [0.25, 0.3) is 0 Å². The number of morpholine rings is 1. The topological polar surface area (TPSA) is 95.4 Å². The Balaban J connectivity index is 1.37. The van der Waals surface area contributed by atoms with Gasteiger partial charge in [0.2, 0.25) is 5.95 Å². The van der Waals surface area contributed by atoms with E-state index < -0.39 is 5.82 Å². The molecule has 0 spiro atoms. The second kappa shape index (κ2) is 9.19. The summed E-state index contributed by atoms with van der Waals surface area (Å²) in [5, 5.41) is 15.6. The Bertz CT molecular complexity index is 1020. The molecule has 30 heavy (non-hydrogen) atoms. The molecule has 3 heterocycles.